The molecule has 102 valence electrons. The van der Waals surface area contributed by atoms with Gasteiger partial charge in [-0.3, -0.25) is 9.58 Å². The predicted octanol–water partition coefficient (Wildman–Crippen LogP) is 1.17. The zero-order valence-electron chi connectivity index (χ0n) is 12.0. The van der Waals surface area contributed by atoms with Crippen molar-refractivity contribution in [2.75, 3.05) is 13.1 Å². The van der Waals surface area contributed by atoms with E-state index in [4.69, 9.17) is 0 Å². The molecule has 1 aromatic rings. The van der Waals surface area contributed by atoms with Crippen molar-refractivity contribution in [2.45, 2.75) is 51.7 Å². The monoisotopic (exact) mass is 251 g/mol. The third kappa shape index (κ3) is 3.09. The Balaban J connectivity index is 2.07. The van der Waals surface area contributed by atoms with Gasteiger partial charge < -0.3 is 5.32 Å². The van der Waals surface area contributed by atoms with E-state index in [9.17, 15) is 0 Å². The molecule has 0 bridgehead atoms. The number of nitrogens with zero attached hydrogens (tertiary/aromatic N) is 4. The van der Waals surface area contributed by atoms with E-state index >= 15 is 0 Å². The number of piperazine rings is 1. The van der Waals surface area contributed by atoms with Gasteiger partial charge in [0.2, 0.25) is 0 Å². The molecule has 1 atom stereocenters. The normalized spacial score (nSPS) is 24.3. The van der Waals surface area contributed by atoms with Crippen LogP contribution in [0.4, 0.5) is 0 Å². The summed E-state index contributed by atoms with van der Waals surface area (Å²) in [6, 6.07) is 0.611. The van der Waals surface area contributed by atoms with Gasteiger partial charge in [0.15, 0.2) is 0 Å². The lowest BCUT2D eigenvalue weighted by molar-refractivity contribution is 0.0792. The first kappa shape index (κ1) is 13.5. The molecule has 1 aromatic heterocycles. The quantitative estimate of drug-likeness (QED) is 0.872. The van der Waals surface area contributed by atoms with Crippen molar-refractivity contribution >= 4 is 0 Å². The van der Waals surface area contributed by atoms with Crippen molar-refractivity contribution in [1.82, 2.24) is 25.0 Å². The number of rotatable bonds is 4. The van der Waals surface area contributed by atoms with Crippen molar-refractivity contribution in [3.63, 3.8) is 0 Å². The second-order valence-corrected chi connectivity index (χ2v) is 5.91. The third-order valence-corrected chi connectivity index (χ3v) is 3.70. The molecule has 0 spiro atoms. The van der Waals surface area contributed by atoms with Gasteiger partial charge in [-0.15, -0.1) is 0 Å². The summed E-state index contributed by atoms with van der Waals surface area (Å²) in [5, 5.41) is 7.79. The Labute approximate surface area is 110 Å². The van der Waals surface area contributed by atoms with Crippen LogP contribution in [0.25, 0.3) is 0 Å². The fourth-order valence-electron chi connectivity index (χ4n) is 2.66. The van der Waals surface area contributed by atoms with E-state index in [1.807, 2.05) is 11.7 Å². The van der Waals surface area contributed by atoms with Crippen LogP contribution in [0.15, 0.2) is 6.33 Å². The lowest BCUT2D eigenvalue weighted by Crippen LogP contribution is -2.61. The maximum Gasteiger partial charge on any atom is 0.140 e. The maximum atomic E-state index is 4.34. The van der Waals surface area contributed by atoms with Crippen LogP contribution in [-0.2, 0) is 13.6 Å². The smallest absolute Gasteiger partial charge is 0.140 e. The number of nitrogens with one attached hydrogen (secondary N) is 1. The molecule has 1 N–H and O–H groups in total. The minimum Gasteiger partial charge on any atom is -0.309 e. The SMILES string of the molecule is CCCC1CNC(C)(C)CN1Cc1ncnn1C. The average Bonchev–Trinajstić information content (AvgIpc) is 2.68. The molecule has 1 saturated heterocycles. The van der Waals surface area contributed by atoms with Crippen molar-refractivity contribution in [3.8, 4) is 0 Å². The van der Waals surface area contributed by atoms with Crippen molar-refractivity contribution in [1.29, 1.82) is 0 Å². The molecular weight excluding hydrogens is 226 g/mol. The highest BCUT2D eigenvalue weighted by molar-refractivity contribution is 4.95. The number of aromatic nitrogens is 3. The van der Waals surface area contributed by atoms with Gasteiger partial charge in [0.1, 0.15) is 12.2 Å². The molecule has 0 saturated carbocycles. The molecule has 1 unspecified atom stereocenters. The molecule has 1 fully saturated rings. The second kappa shape index (κ2) is 5.36. The Morgan fingerprint density at radius 1 is 1.50 bits per heavy atom. The fraction of sp³-hybridized carbons (Fsp3) is 0.846. The zero-order valence-corrected chi connectivity index (χ0v) is 12.0. The van der Waals surface area contributed by atoms with E-state index in [0.29, 0.717) is 6.04 Å². The Kier molecular flexibility index (Phi) is 4.02. The van der Waals surface area contributed by atoms with Crippen LogP contribution in [-0.4, -0.2) is 44.3 Å². The van der Waals surface area contributed by atoms with Crippen molar-refractivity contribution in [3.05, 3.63) is 12.2 Å². The summed E-state index contributed by atoms with van der Waals surface area (Å²) < 4.78 is 1.87. The first-order valence-corrected chi connectivity index (χ1v) is 6.84. The van der Waals surface area contributed by atoms with Crippen LogP contribution in [0.3, 0.4) is 0 Å². The third-order valence-electron chi connectivity index (χ3n) is 3.70. The molecule has 5 heteroatoms. The molecule has 0 aromatic carbocycles. The fourth-order valence-corrected chi connectivity index (χ4v) is 2.66. The molecule has 0 radical (unpaired) electrons. The van der Waals surface area contributed by atoms with Gasteiger partial charge in [0.05, 0.1) is 6.54 Å². The van der Waals surface area contributed by atoms with Crippen LogP contribution in [0.1, 0.15) is 39.4 Å². The largest absolute Gasteiger partial charge is 0.309 e. The van der Waals surface area contributed by atoms with Gasteiger partial charge in [-0.25, -0.2) is 4.98 Å². The summed E-state index contributed by atoms with van der Waals surface area (Å²) in [5.41, 5.74) is 0.183. The Morgan fingerprint density at radius 2 is 2.28 bits per heavy atom. The zero-order chi connectivity index (χ0) is 13.2. The van der Waals surface area contributed by atoms with Gasteiger partial charge in [-0.2, -0.15) is 5.10 Å². The van der Waals surface area contributed by atoms with Gasteiger partial charge in [-0.05, 0) is 20.3 Å². The number of hydrogen-bond acceptors (Lipinski definition) is 4. The molecule has 18 heavy (non-hydrogen) atoms. The van der Waals surface area contributed by atoms with Gasteiger partial charge >= 0.3 is 0 Å². The highest BCUT2D eigenvalue weighted by Crippen LogP contribution is 2.19. The molecule has 0 aliphatic carbocycles. The summed E-state index contributed by atoms with van der Waals surface area (Å²) in [7, 11) is 1.96. The number of aryl methyl sites for hydroxylation is 1. The molecule has 5 nitrogen and oxygen atoms in total. The lowest BCUT2D eigenvalue weighted by atomic mass is 9.96. The minimum atomic E-state index is 0.183. The molecule has 2 heterocycles. The number of hydrogen-bond donors (Lipinski definition) is 1. The molecule has 1 aliphatic rings. The molecule has 2 rings (SSSR count). The van der Waals surface area contributed by atoms with E-state index in [0.717, 1.165) is 25.5 Å². The van der Waals surface area contributed by atoms with Gasteiger partial charge in [-0.1, -0.05) is 13.3 Å². The van der Waals surface area contributed by atoms with Gasteiger partial charge in [0.25, 0.3) is 0 Å². The van der Waals surface area contributed by atoms with E-state index in [-0.39, 0.29) is 5.54 Å². The van der Waals surface area contributed by atoms with Crippen LogP contribution in [0, 0.1) is 0 Å². The van der Waals surface area contributed by atoms with E-state index in [1.54, 1.807) is 6.33 Å². The highest BCUT2D eigenvalue weighted by Gasteiger charge is 2.32. The van der Waals surface area contributed by atoms with E-state index in [1.165, 1.54) is 12.8 Å². The van der Waals surface area contributed by atoms with Crippen LogP contribution in [0.5, 0.6) is 0 Å². The van der Waals surface area contributed by atoms with Crippen LogP contribution >= 0.6 is 0 Å². The summed E-state index contributed by atoms with van der Waals surface area (Å²) in [6.45, 7) is 9.80. The summed E-state index contributed by atoms with van der Waals surface area (Å²) in [6.07, 6.45) is 4.10. The first-order valence-electron chi connectivity index (χ1n) is 6.84. The Hall–Kier alpha value is -0.940. The summed E-state index contributed by atoms with van der Waals surface area (Å²) in [4.78, 5) is 6.89. The minimum absolute atomic E-state index is 0.183. The summed E-state index contributed by atoms with van der Waals surface area (Å²) >= 11 is 0. The molecule has 1 aliphatic heterocycles. The lowest BCUT2D eigenvalue weighted by Gasteiger charge is -2.44. The maximum absolute atomic E-state index is 4.34. The first-order chi connectivity index (χ1) is 8.52. The predicted molar refractivity (Wildman–Crippen MR) is 72.2 cm³/mol. The molecular formula is C13H25N5. The highest BCUT2D eigenvalue weighted by atomic mass is 15.3. The van der Waals surface area contributed by atoms with Crippen LogP contribution < -0.4 is 5.32 Å². The second-order valence-electron chi connectivity index (χ2n) is 5.91. The Morgan fingerprint density at radius 3 is 2.89 bits per heavy atom. The topological polar surface area (TPSA) is 46.0 Å². The molecule has 0 amide bonds. The van der Waals surface area contributed by atoms with Gasteiger partial charge in [0, 0.05) is 31.7 Å². The van der Waals surface area contributed by atoms with Crippen molar-refractivity contribution in [2.24, 2.45) is 7.05 Å². The average molecular weight is 251 g/mol. The summed E-state index contributed by atoms with van der Waals surface area (Å²) in [5.74, 6) is 1.05. The van der Waals surface area contributed by atoms with E-state index in [2.05, 4.69) is 41.1 Å². The van der Waals surface area contributed by atoms with Crippen LogP contribution in [0.2, 0.25) is 0 Å². The Bertz CT molecular complexity index is 384. The van der Waals surface area contributed by atoms with E-state index < -0.39 is 0 Å². The standard InChI is InChI=1S/C13H25N5/c1-5-6-11-7-15-13(2,3)9-18(11)8-12-14-10-16-17(12)4/h10-11,15H,5-9H2,1-4H3. The van der Waals surface area contributed by atoms with Crippen molar-refractivity contribution < 1.29 is 0 Å².